The first-order valence-corrected chi connectivity index (χ1v) is 21.0. The molecule has 2 fully saturated rings. The maximum atomic E-state index is 13.9. The summed E-state index contributed by atoms with van der Waals surface area (Å²) in [6.45, 7) is 8.04. The van der Waals surface area contributed by atoms with Crippen molar-refractivity contribution in [2.24, 2.45) is 23.7 Å². The van der Waals surface area contributed by atoms with Gasteiger partial charge in [-0.15, -0.1) is 0 Å². The molecular formula is C47H61N5O6. The molecule has 2 amide bonds. The van der Waals surface area contributed by atoms with Gasteiger partial charge in [-0.05, 0) is 158 Å². The highest BCUT2D eigenvalue weighted by atomic mass is 16.6. The topological polar surface area (TPSA) is 153 Å². The van der Waals surface area contributed by atoms with Crippen LogP contribution in [-0.4, -0.2) is 70.9 Å². The van der Waals surface area contributed by atoms with Gasteiger partial charge in [0.05, 0.1) is 10.9 Å². The quantitative estimate of drug-likeness (QED) is 0.0933. The number of hydrogen-bond donors (Lipinski definition) is 4. The summed E-state index contributed by atoms with van der Waals surface area (Å²) in [5.41, 5.74) is 5.13. The molecule has 0 bridgehead atoms. The fraction of sp³-hybridized carbons (Fsp3) is 0.511. The molecule has 2 saturated carbocycles. The number of alkyl carbamates (subject to hydrolysis) is 1. The third kappa shape index (κ3) is 11.3. The Morgan fingerprint density at radius 1 is 0.845 bits per heavy atom. The minimum absolute atomic E-state index is 0.0762. The van der Waals surface area contributed by atoms with E-state index in [2.05, 4.69) is 39.8 Å². The molecule has 4 aromatic rings. The van der Waals surface area contributed by atoms with Gasteiger partial charge in [0.1, 0.15) is 11.4 Å². The predicted molar refractivity (Wildman–Crippen MR) is 229 cm³/mol. The van der Waals surface area contributed by atoms with Crippen molar-refractivity contribution in [2.45, 2.75) is 110 Å². The number of aromatic nitrogens is 2. The molecule has 58 heavy (non-hydrogen) atoms. The van der Waals surface area contributed by atoms with Crippen LogP contribution in [0.5, 0.6) is 0 Å². The summed E-state index contributed by atoms with van der Waals surface area (Å²) in [6, 6.07) is 19.8. The van der Waals surface area contributed by atoms with E-state index in [1.807, 2.05) is 70.2 Å². The van der Waals surface area contributed by atoms with Gasteiger partial charge < -0.3 is 20.3 Å². The van der Waals surface area contributed by atoms with Gasteiger partial charge in [-0.3, -0.25) is 29.4 Å². The number of benzene rings is 3. The molecule has 11 heteroatoms. The van der Waals surface area contributed by atoms with Gasteiger partial charge in [0.15, 0.2) is 5.78 Å². The van der Waals surface area contributed by atoms with Gasteiger partial charge in [0.2, 0.25) is 5.91 Å². The summed E-state index contributed by atoms with van der Waals surface area (Å²) < 4.78 is 5.37. The molecule has 6 rings (SSSR count). The van der Waals surface area contributed by atoms with E-state index in [0.29, 0.717) is 60.8 Å². The molecule has 2 aliphatic carbocycles. The summed E-state index contributed by atoms with van der Waals surface area (Å²) in [5.74, 6) is -0.0211. The summed E-state index contributed by atoms with van der Waals surface area (Å²) in [6.07, 6.45) is 8.17. The summed E-state index contributed by atoms with van der Waals surface area (Å²) in [4.78, 5) is 67.6. The Bertz CT molecular complexity index is 2130. The van der Waals surface area contributed by atoms with Crippen molar-refractivity contribution in [2.75, 3.05) is 26.0 Å². The molecule has 0 radical (unpaired) electrons. The molecule has 2 aliphatic rings. The molecule has 0 unspecified atom stereocenters. The minimum atomic E-state index is -0.615. The van der Waals surface area contributed by atoms with Crippen LogP contribution in [0.4, 0.5) is 10.5 Å². The van der Waals surface area contributed by atoms with E-state index in [1.54, 1.807) is 18.2 Å². The Morgan fingerprint density at radius 3 is 2.19 bits per heavy atom. The Hall–Kier alpha value is -5.03. The van der Waals surface area contributed by atoms with Crippen molar-refractivity contribution in [1.82, 2.24) is 20.4 Å². The Labute approximate surface area is 342 Å². The zero-order chi connectivity index (χ0) is 41.6. The van der Waals surface area contributed by atoms with Crippen LogP contribution in [0, 0.1) is 30.6 Å². The molecular weight excluding hydrogens is 731 g/mol. The normalized spacial score (nSPS) is 20.4. The molecule has 3 aromatic carbocycles. The van der Waals surface area contributed by atoms with Crippen molar-refractivity contribution in [1.29, 1.82) is 0 Å². The molecule has 310 valence electrons. The zero-order valence-electron chi connectivity index (χ0n) is 35.0. The molecule has 0 aliphatic heterocycles. The van der Waals surface area contributed by atoms with Gasteiger partial charge in [-0.1, -0.05) is 36.4 Å². The van der Waals surface area contributed by atoms with Crippen LogP contribution < -0.4 is 16.2 Å². The van der Waals surface area contributed by atoms with E-state index in [9.17, 15) is 24.0 Å². The average Bonchev–Trinajstić information content (AvgIpc) is 3.56. The maximum Gasteiger partial charge on any atom is 0.407 e. The number of nitrogens with one attached hydrogen (secondary N) is 4. The average molecular weight is 792 g/mol. The number of fused-ring (bicyclic) bond motifs is 1. The second-order valence-corrected chi connectivity index (χ2v) is 18.0. The van der Waals surface area contributed by atoms with Gasteiger partial charge in [-0.2, -0.15) is 0 Å². The summed E-state index contributed by atoms with van der Waals surface area (Å²) in [7, 11) is 4.27. The Morgan fingerprint density at radius 2 is 1.53 bits per heavy atom. The van der Waals surface area contributed by atoms with Crippen molar-refractivity contribution < 1.29 is 23.9 Å². The minimum Gasteiger partial charge on any atom is -0.444 e. The van der Waals surface area contributed by atoms with E-state index in [1.165, 1.54) is 0 Å². The number of amides is 2. The number of carbonyl (C=O) groups excluding carboxylic acids is 4. The van der Waals surface area contributed by atoms with Crippen molar-refractivity contribution in [3.8, 4) is 11.1 Å². The van der Waals surface area contributed by atoms with Crippen LogP contribution in [0.1, 0.15) is 106 Å². The standard InChI is InChI=1S/C47H61N5O6/c1-29-23-35(42(53)25-31-11-19-38(20-12-31)52(5)6)17-21-39(29)33-13-7-30(8-14-33)24-36(44(55)49-37-18-22-40-41(27-37)50-51-45(40)56)26-43(54)34-15-9-32(10-16-34)28-48-46(57)58-47(2,3)4/h7-8,13-14,17-18,21-23,27,31-32,34,36,38H,9-12,15-16,19-20,24-26,28H2,1-6H3,(H,48,57)(H,49,55)(H2,50,51,56)/t31?,32?,34?,36-,38?/m1/s1. The number of H-pyrrole nitrogens is 2. The van der Waals surface area contributed by atoms with Gasteiger partial charge in [0.25, 0.3) is 5.56 Å². The lowest BCUT2D eigenvalue weighted by molar-refractivity contribution is -0.129. The van der Waals surface area contributed by atoms with Crippen LogP contribution in [0.2, 0.25) is 0 Å². The van der Waals surface area contributed by atoms with Gasteiger partial charge >= 0.3 is 6.09 Å². The number of aryl methyl sites for hydroxylation is 1. The number of rotatable bonds is 14. The number of aromatic amines is 2. The highest BCUT2D eigenvalue weighted by Gasteiger charge is 2.31. The Balaban J connectivity index is 1.09. The number of hydrogen-bond acceptors (Lipinski definition) is 7. The van der Waals surface area contributed by atoms with Crippen molar-refractivity contribution >= 4 is 40.2 Å². The SMILES string of the molecule is Cc1cc(C(=O)CC2CCC(N(C)C)CC2)ccc1-c1ccc(C[C@H](CC(=O)C2CCC(CNC(=O)OC(C)(C)C)CC2)C(=O)Nc2ccc3c(=O)[nH][nH]c3c2)cc1. The van der Waals surface area contributed by atoms with Crippen molar-refractivity contribution in [3.05, 3.63) is 87.7 Å². The lowest BCUT2D eigenvalue weighted by Crippen LogP contribution is -2.37. The molecule has 11 nitrogen and oxygen atoms in total. The van der Waals surface area contributed by atoms with E-state index in [0.717, 1.165) is 66.3 Å². The largest absolute Gasteiger partial charge is 0.444 e. The lowest BCUT2D eigenvalue weighted by atomic mass is 9.77. The fourth-order valence-corrected chi connectivity index (χ4v) is 8.77. The third-order valence-corrected chi connectivity index (χ3v) is 12.2. The maximum absolute atomic E-state index is 13.9. The lowest BCUT2D eigenvalue weighted by Gasteiger charge is -2.32. The van der Waals surface area contributed by atoms with Gasteiger partial charge in [-0.25, -0.2) is 4.79 Å². The Kier molecular flexibility index (Phi) is 13.7. The van der Waals surface area contributed by atoms with Crippen LogP contribution in [0.25, 0.3) is 22.0 Å². The number of anilines is 1. The molecule has 0 saturated heterocycles. The molecule has 4 N–H and O–H groups in total. The summed E-state index contributed by atoms with van der Waals surface area (Å²) in [5, 5.41) is 11.8. The number of ketones is 2. The number of Topliss-reactive ketones (excluding diaryl/α,β-unsaturated/α-hetero) is 2. The second-order valence-electron chi connectivity index (χ2n) is 18.0. The van der Waals surface area contributed by atoms with E-state index >= 15 is 0 Å². The monoisotopic (exact) mass is 791 g/mol. The van der Waals surface area contributed by atoms with E-state index in [-0.39, 0.29) is 41.3 Å². The molecule has 1 atom stereocenters. The highest BCUT2D eigenvalue weighted by molar-refractivity contribution is 5.98. The van der Waals surface area contributed by atoms with Crippen LogP contribution >= 0.6 is 0 Å². The van der Waals surface area contributed by atoms with Crippen molar-refractivity contribution in [3.63, 3.8) is 0 Å². The van der Waals surface area contributed by atoms with Gasteiger partial charge in [0, 0.05) is 48.5 Å². The first kappa shape index (κ1) is 42.6. The third-order valence-electron chi connectivity index (χ3n) is 12.2. The first-order chi connectivity index (χ1) is 27.6. The zero-order valence-corrected chi connectivity index (χ0v) is 35.0. The molecule has 0 spiro atoms. The van der Waals surface area contributed by atoms with Crippen LogP contribution in [-0.2, 0) is 20.7 Å². The van der Waals surface area contributed by atoms with Crippen LogP contribution in [0.3, 0.4) is 0 Å². The fourth-order valence-electron chi connectivity index (χ4n) is 8.77. The van der Waals surface area contributed by atoms with E-state index in [4.69, 9.17) is 4.74 Å². The highest BCUT2D eigenvalue weighted by Crippen LogP contribution is 2.33. The molecule has 1 aromatic heterocycles. The first-order valence-electron chi connectivity index (χ1n) is 21.0. The number of ether oxygens (including phenoxy) is 1. The summed E-state index contributed by atoms with van der Waals surface area (Å²) >= 11 is 0. The number of carbonyl (C=O) groups is 4. The van der Waals surface area contributed by atoms with Crippen LogP contribution in [0.15, 0.2) is 65.5 Å². The smallest absolute Gasteiger partial charge is 0.407 e. The number of nitrogens with zero attached hydrogens (tertiary/aromatic N) is 1. The second kappa shape index (κ2) is 18.7. The van der Waals surface area contributed by atoms with E-state index < -0.39 is 17.6 Å². The predicted octanol–water partition coefficient (Wildman–Crippen LogP) is 8.61. The molecule has 1 heterocycles.